The first kappa shape index (κ1) is 20.3. The zero-order valence-electron chi connectivity index (χ0n) is 19.1. The van der Waals surface area contributed by atoms with E-state index < -0.39 is 5.54 Å². The Labute approximate surface area is 193 Å². The van der Waals surface area contributed by atoms with Gasteiger partial charge in [-0.05, 0) is 49.1 Å². The summed E-state index contributed by atoms with van der Waals surface area (Å²) in [7, 11) is 1.66. The quantitative estimate of drug-likeness (QED) is 0.661. The predicted octanol–water partition coefficient (Wildman–Crippen LogP) is 4.15. The normalized spacial score (nSPS) is 25.5. The second kappa shape index (κ2) is 7.37. The molecule has 0 spiro atoms. The molecular formula is C27H29N3O3. The highest BCUT2D eigenvalue weighted by atomic mass is 16.5. The summed E-state index contributed by atoms with van der Waals surface area (Å²) >= 11 is 0. The van der Waals surface area contributed by atoms with Gasteiger partial charge in [0.05, 0.1) is 12.8 Å². The fourth-order valence-electron chi connectivity index (χ4n) is 6.28. The van der Waals surface area contributed by atoms with E-state index in [9.17, 15) is 9.59 Å². The number of nitrogens with one attached hydrogen (secondary N) is 1. The molecule has 3 aromatic rings. The van der Waals surface area contributed by atoms with E-state index >= 15 is 0 Å². The molecule has 6 nitrogen and oxygen atoms in total. The Morgan fingerprint density at radius 1 is 1.03 bits per heavy atom. The Kier molecular flexibility index (Phi) is 4.54. The van der Waals surface area contributed by atoms with Crippen LogP contribution in [0.3, 0.4) is 0 Å². The van der Waals surface area contributed by atoms with Crippen LogP contribution in [0.5, 0.6) is 5.75 Å². The lowest BCUT2D eigenvalue weighted by Gasteiger charge is -2.52. The Bertz CT molecular complexity index is 1240. The molecule has 0 bridgehead atoms. The SMILES string of the molecule is COc1ccc(C2CN3C(=O)CN(C4CCCC4)C(=O)C3(C)c3[nH]c4ccccc4c32)cc1. The second-order valence-electron chi connectivity index (χ2n) is 9.73. The third-order valence-electron chi connectivity index (χ3n) is 8.05. The van der Waals surface area contributed by atoms with Crippen LogP contribution in [0.15, 0.2) is 48.5 Å². The fraction of sp³-hybridized carbons (Fsp3) is 0.407. The van der Waals surface area contributed by atoms with Gasteiger partial charge in [-0.2, -0.15) is 0 Å². The average Bonchev–Trinajstić information content (AvgIpc) is 3.51. The largest absolute Gasteiger partial charge is 0.497 e. The molecule has 33 heavy (non-hydrogen) atoms. The molecule has 2 fully saturated rings. The first-order valence-corrected chi connectivity index (χ1v) is 11.9. The van der Waals surface area contributed by atoms with Gasteiger partial charge in [-0.1, -0.05) is 43.2 Å². The minimum absolute atomic E-state index is 0.0232. The van der Waals surface area contributed by atoms with E-state index in [1.807, 2.05) is 41.0 Å². The number of hydrogen-bond donors (Lipinski definition) is 1. The molecule has 6 heteroatoms. The standard InChI is InChI=1S/C27H29N3O3/c1-27-25-24(20-9-5-6-10-22(20)28-25)21(17-11-13-19(33-2)14-12-17)15-30(27)23(31)16-29(26(27)32)18-7-3-4-8-18/h5-6,9-14,18,21,28H,3-4,7-8,15-16H2,1-2H3. The number of H-pyrrole nitrogens is 1. The molecule has 1 aromatic heterocycles. The molecule has 3 aliphatic rings. The van der Waals surface area contributed by atoms with Crippen molar-refractivity contribution >= 4 is 22.7 Å². The number of aromatic nitrogens is 1. The Hall–Kier alpha value is -3.28. The van der Waals surface area contributed by atoms with Gasteiger partial charge in [-0.25, -0.2) is 0 Å². The minimum atomic E-state index is -1.02. The fourth-order valence-corrected chi connectivity index (χ4v) is 6.28. The predicted molar refractivity (Wildman–Crippen MR) is 126 cm³/mol. The number of methoxy groups -OCH3 is 1. The molecule has 2 atom stereocenters. The molecule has 2 unspecified atom stereocenters. The van der Waals surface area contributed by atoms with Crippen molar-refractivity contribution < 1.29 is 14.3 Å². The lowest BCUT2D eigenvalue weighted by atomic mass is 9.76. The first-order chi connectivity index (χ1) is 16.0. The first-order valence-electron chi connectivity index (χ1n) is 11.9. The van der Waals surface area contributed by atoms with Crippen LogP contribution in [0.4, 0.5) is 0 Å². The van der Waals surface area contributed by atoms with Crippen LogP contribution in [-0.4, -0.2) is 52.8 Å². The molecule has 6 rings (SSSR count). The number of hydrogen-bond acceptors (Lipinski definition) is 3. The van der Waals surface area contributed by atoms with Crippen molar-refractivity contribution in [3.8, 4) is 5.75 Å². The average molecular weight is 444 g/mol. The zero-order valence-corrected chi connectivity index (χ0v) is 19.1. The van der Waals surface area contributed by atoms with Crippen LogP contribution in [0.2, 0.25) is 0 Å². The lowest BCUT2D eigenvalue weighted by molar-refractivity contribution is -0.168. The Morgan fingerprint density at radius 2 is 1.76 bits per heavy atom. The van der Waals surface area contributed by atoms with Gasteiger partial charge >= 0.3 is 0 Å². The highest BCUT2D eigenvalue weighted by molar-refractivity contribution is 6.01. The van der Waals surface area contributed by atoms with Crippen molar-refractivity contribution in [1.29, 1.82) is 0 Å². The molecule has 1 aliphatic carbocycles. The van der Waals surface area contributed by atoms with Crippen molar-refractivity contribution in [3.05, 3.63) is 65.4 Å². The number of fused-ring (bicyclic) bond motifs is 5. The molecule has 3 heterocycles. The Morgan fingerprint density at radius 3 is 2.48 bits per heavy atom. The van der Waals surface area contributed by atoms with Crippen LogP contribution in [-0.2, 0) is 15.1 Å². The maximum absolute atomic E-state index is 14.1. The van der Waals surface area contributed by atoms with Crippen molar-refractivity contribution in [1.82, 2.24) is 14.8 Å². The topological polar surface area (TPSA) is 65.6 Å². The number of benzene rings is 2. The maximum atomic E-state index is 14.1. The lowest BCUT2D eigenvalue weighted by Crippen LogP contribution is -2.68. The molecule has 2 aromatic carbocycles. The number of carbonyl (C=O) groups excluding carboxylic acids is 2. The van der Waals surface area contributed by atoms with E-state index in [-0.39, 0.29) is 30.3 Å². The van der Waals surface area contributed by atoms with Crippen LogP contribution in [0.1, 0.15) is 55.3 Å². The number of carbonyl (C=O) groups is 2. The molecule has 2 aliphatic heterocycles. The van der Waals surface area contributed by atoms with Gasteiger partial charge in [0.2, 0.25) is 5.91 Å². The number of piperazine rings is 1. The highest BCUT2D eigenvalue weighted by Crippen LogP contribution is 2.48. The molecule has 0 radical (unpaired) electrons. The third kappa shape index (κ3) is 2.86. The van der Waals surface area contributed by atoms with E-state index in [4.69, 9.17) is 4.74 Å². The van der Waals surface area contributed by atoms with E-state index in [2.05, 4.69) is 29.2 Å². The van der Waals surface area contributed by atoms with Gasteiger partial charge in [-0.3, -0.25) is 9.59 Å². The molecule has 1 saturated heterocycles. The van der Waals surface area contributed by atoms with Crippen molar-refractivity contribution in [2.45, 2.75) is 50.1 Å². The Balaban J connectivity index is 1.54. The highest BCUT2D eigenvalue weighted by Gasteiger charge is 2.57. The summed E-state index contributed by atoms with van der Waals surface area (Å²) in [4.78, 5) is 34.9. The van der Waals surface area contributed by atoms with E-state index in [0.717, 1.165) is 59.2 Å². The van der Waals surface area contributed by atoms with Gasteiger partial charge < -0.3 is 19.5 Å². The van der Waals surface area contributed by atoms with Crippen LogP contribution < -0.4 is 4.74 Å². The van der Waals surface area contributed by atoms with E-state index in [0.29, 0.717) is 6.54 Å². The summed E-state index contributed by atoms with van der Waals surface area (Å²) < 4.78 is 5.35. The van der Waals surface area contributed by atoms with Gasteiger partial charge in [-0.15, -0.1) is 0 Å². The summed E-state index contributed by atoms with van der Waals surface area (Å²) in [6.45, 7) is 2.61. The summed E-state index contributed by atoms with van der Waals surface area (Å²) in [6, 6.07) is 16.4. The number of ether oxygens (including phenoxy) is 1. The smallest absolute Gasteiger partial charge is 0.255 e. The molecule has 1 N–H and O–H groups in total. The zero-order chi connectivity index (χ0) is 22.7. The van der Waals surface area contributed by atoms with Crippen molar-refractivity contribution in [2.24, 2.45) is 0 Å². The summed E-state index contributed by atoms with van der Waals surface area (Å²) in [6.07, 6.45) is 4.23. The van der Waals surface area contributed by atoms with Gasteiger partial charge in [0.1, 0.15) is 12.3 Å². The van der Waals surface area contributed by atoms with Crippen LogP contribution >= 0.6 is 0 Å². The monoisotopic (exact) mass is 443 g/mol. The minimum Gasteiger partial charge on any atom is -0.497 e. The summed E-state index contributed by atoms with van der Waals surface area (Å²) in [5, 5.41) is 1.12. The number of amides is 2. The second-order valence-corrected chi connectivity index (χ2v) is 9.73. The van der Waals surface area contributed by atoms with E-state index in [1.54, 1.807) is 7.11 Å². The van der Waals surface area contributed by atoms with Crippen LogP contribution in [0.25, 0.3) is 10.9 Å². The maximum Gasteiger partial charge on any atom is 0.255 e. The molecule has 1 saturated carbocycles. The number of para-hydroxylation sites is 1. The third-order valence-corrected chi connectivity index (χ3v) is 8.05. The van der Waals surface area contributed by atoms with Crippen LogP contribution in [0, 0.1) is 0 Å². The van der Waals surface area contributed by atoms with E-state index in [1.165, 1.54) is 0 Å². The number of nitrogens with zero attached hydrogens (tertiary/aromatic N) is 2. The molecule has 2 amide bonds. The van der Waals surface area contributed by atoms with Gasteiger partial charge in [0.15, 0.2) is 5.54 Å². The van der Waals surface area contributed by atoms with Crippen molar-refractivity contribution in [3.63, 3.8) is 0 Å². The summed E-state index contributed by atoms with van der Waals surface area (Å²) in [5.41, 5.74) is 3.08. The van der Waals surface area contributed by atoms with Gasteiger partial charge in [0, 0.05) is 29.4 Å². The number of rotatable bonds is 3. The molecule has 170 valence electrons. The number of aromatic amines is 1. The van der Waals surface area contributed by atoms with Crippen molar-refractivity contribution in [2.75, 3.05) is 20.2 Å². The van der Waals surface area contributed by atoms with Gasteiger partial charge in [0.25, 0.3) is 5.91 Å². The molecular weight excluding hydrogens is 414 g/mol. The summed E-state index contributed by atoms with van der Waals surface area (Å²) in [5.74, 6) is 0.863.